The molecule has 102 valence electrons. The fraction of sp³-hybridized carbons (Fsp3) is 0.786. The minimum Gasteiger partial charge on any atom is -0.308 e. The quantitative estimate of drug-likeness (QED) is 0.883. The molecule has 1 saturated carbocycles. The SMILES string of the molecule is CCCNC(c1c(Cl)cnn1C)C1(C)CCCC1. The minimum absolute atomic E-state index is 0.312. The molecule has 1 aliphatic rings. The van der Waals surface area contributed by atoms with Gasteiger partial charge in [-0.05, 0) is 31.2 Å². The molecule has 1 N–H and O–H groups in total. The van der Waals surface area contributed by atoms with E-state index in [0.29, 0.717) is 11.5 Å². The molecular weight excluding hydrogens is 246 g/mol. The van der Waals surface area contributed by atoms with E-state index in [1.54, 1.807) is 6.20 Å². The second kappa shape index (κ2) is 5.62. The highest BCUT2D eigenvalue weighted by molar-refractivity contribution is 6.31. The Bertz CT molecular complexity index is 374. The molecule has 1 aromatic heterocycles. The van der Waals surface area contributed by atoms with Gasteiger partial charge in [0.25, 0.3) is 0 Å². The van der Waals surface area contributed by atoms with Crippen molar-refractivity contribution in [3.8, 4) is 0 Å². The lowest BCUT2D eigenvalue weighted by Gasteiger charge is -2.35. The lowest BCUT2D eigenvalue weighted by Crippen LogP contribution is -2.36. The van der Waals surface area contributed by atoms with Crippen molar-refractivity contribution in [2.45, 2.75) is 52.0 Å². The van der Waals surface area contributed by atoms with Gasteiger partial charge in [0.2, 0.25) is 0 Å². The maximum atomic E-state index is 6.34. The van der Waals surface area contributed by atoms with E-state index in [4.69, 9.17) is 11.6 Å². The summed E-state index contributed by atoms with van der Waals surface area (Å²) in [6.45, 7) is 5.62. The molecule has 0 radical (unpaired) electrons. The summed E-state index contributed by atoms with van der Waals surface area (Å²) in [5.74, 6) is 0. The Morgan fingerprint density at radius 3 is 2.67 bits per heavy atom. The number of nitrogens with one attached hydrogen (secondary N) is 1. The Morgan fingerprint density at radius 2 is 2.17 bits per heavy atom. The molecule has 0 aromatic carbocycles. The van der Waals surface area contributed by atoms with Crippen molar-refractivity contribution in [1.82, 2.24) is 15.1 Å². The highest BCUT2D eigenvalue weighted by atomic mass is 35.5. The van der Waals surface area contributed by atoms with Crippen LogP contribution in [0, 0.1) is 5.41 Å². The number of rotatable bonds is 5. The van der Waals surface area contributed by atoms with Gasteiger partial charge >= 0.3 is 0 Å². The standard InChI is InChI=1S/C14H24ClN3/c1-4-9-16-13(14(2)7-5-6-8-14)12-11(15)10-17-18(12)3/h10,13,16H,4-9H2,1-3H3. The van der Waals surface area contributed by atoms with Gasteiger partial charge in [-0.25, -0.2) is 0 Å². The Kier molecular flexibility index (Phi) is 4.33. The molecule has 18 heavy (non-hydrogen) atoms. The van der Waals surface area contributed by atoms with E-state index >= 15 is 0 Å². The fourth-order valence-electron chi connectivity index (χ4n) is 3.18. The molecular formula is C14H24ClN3. The van der Waals surface area contributed by atoms with Crippen molar-refractivity contribution in [1.29, 1.82) is 0 Å². The first-order valence-electron chi connectivity index (χ1n) is 6.99. The van der Waals surface area contributed by atoms with E-state index in [2.05, 4.69) is 24.3 Å². The van der Waals surface area contributed by atoms with Crippen molar-refractivity contribution in [3.63, 3.8) is 0 Å². The van der Waals surface area contributed by atoms with Crippen LogP contribution in [0.2, 0.25) is 5.02 Å². The van der Waals surface area contributed by atoms with E-state index in [-0.39, 0.29) is 0 Å². The maximum absolute atomic E-state index is 6.34. The van der Waals surface area contributed by atoms with E-state index in [1.165, 1.54) is 25.7 Å². The largest absolute Gasteiger partial charge is 0.308 e. The number of hydrogen-bond donors (Lipinski definition) is 1. The molecule has 1 atom stereocenters. The van der Waals surface area contributed by atoms with Gasteiger partial charge in [0.1, 0.15) is 0 Å². The zero-order chi connectivity index (χ0) is 13.2. The second-order valence-electron chi connectivity index (χ2n) is 5.75. The summed E-state index contributed by atoms with van der Waals surface area (Å²) in [4.78, 5) is 0. The summed E-state index contributed by atoms with van der Waals surface area (Å²) >= 11 is 6.34. The lowest BCUT2D eigenvalue weighted by atomic mass is 9.79. The average Bonchev–Trinajstić information content (AvgIpc) is 2.90. The van der Waals surface area contributed by atoms with Gasteiger partial charge in [-0.1, -0.05) is 38.3 Å². The van der Waals surface area contributed by atoms with Crippen molar-refractivity contribution in [2.24, 2.45) is 12.5 Å². The molecule has 0 amide bonds. The van der Waals surface area contributed by atoms with Gasteiger partial charge < -0.3 is 5.32 Å². The van der Waals surface area contributed by atoms with Crippen LogP contribution < -0.4 is 5.32 Å². The smallest absolute Gasteiger partial charge is 0.0834 e. The van der Waals surface area contributed by atoms with Crippen molar-refractivity contribution in [2.75, 3.05) is 6.54 Å². The molecule has 4 heteroatoms. The Balaban J connectivity index is 2.30. The van der Waals surface area contributed by atoms with E-state index in [1.807, 2.05) is 11.7 Å². The van der Waals surface area contributed by atoms with Gasteiger partial charge in [0, 0.05) is 7.05 Å². The summed E-state index contributed by atoms with van der Waals surface area (Å²) in [5, 5.41) is 8.77. The van der Waals surface area contributed by atoms with Gasteiger partial charge in [0.15, 0.2) is 0 Å². The zero-order valence-electron chi connectivity index (χ0n) is 11.7. The fourth-order valence-corrected chi connectivity index (χ4v) is 3.45. The molecule has 1 fully saturated rings. The van der Waals surface area contributed by atoms with Crippen LogP contribution in [0.1, 0.15) is 57.7 Å². The van der Waals surface area contributed by atoms with Crippen molar-refractivity contribution >= 4 is 11.6 Å². The Hall–Kier alpha value is -0.540. The maximum Gasteiger partial charge on any atom is 0.0834 e. The zero-order valence-corrected chi connectivity index (χ0v) is 12.4. The van der Waals surface area contributed by atoms with Crippen molar-refractivity contribution in [3.05, 3.63) is 16.9 Å². The third kappa shape index (κ3) is 2.57. The number of halogens is 1. The highest BCUT2D eigenvalue weighted by Crippen LogP contribution is 2.48. The molecule has 1 aliphatic carbocycles. The van der Waals surface area contributed by atoms with E-state index in [9.17, 15) is 0 Å². The predicted octanol–water partition coefficient (Wildman–Crippen LogP) is 3.69. The van der Waals surface area contributed by atoms with Crippen LogP contribution in [0.3, 0.4) is 0 Å². The normalized spacial score (nSPS) is 20.2. The van der Waals surface area contributed by atoms with E-state index in [0.717, 1.165) is 23.7 Å². The van der Waals surface area contributed by atoms with E-state index < -0.39 is 0 Å². The number of nitrogens with zero attached hydrogens (tertiary/aromatic N) is 2. The average molecular weight is 270 g/mol. The Morgan fingerprint density at radius 1 is 1.50 bits per heavy atom. The molecule has 1 aromatic rings. The first-order valence-corrected chi connectivity index (χ1v) is 7.37. The third-order valence-corrected chi connectivity index (χ3v) is 4.54. The third-order valence-electron chi connectivity index (χ3n) is 4.25. The second-order valence-corrected chi connectivity index (χ2v) is 6.16. The van der Waals surface area contributed by atoms with Crippen molar-refractivity contribution < 1.29 is 0 Å². The predicted molar refractivity (Wildman–Crippen MR) is 75.8 cm³/mol. The molecule has 0 saturated heterocycles. The van der Waals surface area contributed by atoms with Crippen LogP contribution >= 0.6 is 11.6 Å². The lowest BCUT2D eigenvalue weighted by molar-refractivity contribution is 0.214. The summed E-state index contributed by atoms with van der Waals surface area (Å²) in [7, 11) is 1.99. The number of aryl methyl sites for hydroxylation is 1. The first kappa shape index (κ1) is 13.9. The molecule has 1 unspecified atom stereocenters. The minimum atomic E-state index is 0.312. The summed E-state index contributed by atoms with van der Waals surface area (Å²) in [5.41, 5.74) is 1.46. The molecule has 0 spiro atoms. The number of aromatic nitrogens is 2. The monoisotopic (exact) mass is 269 g/mol. The molecule has 1 heterocycles. The van der Waals surface area contributed by atoms with Gasteiger partial charge in [-0.15, -0.1) is 0 Å². The molecule has 0 aliphatic heterocycles. The summed E-state index contributed by atoms with van der Waals surface area (Å²) < 4.78 is 1.93. The van der Waals surface area contributed by atoms with Crippen LogP contribution in [-0.2, 0) is 7.05 Å². The highest BCUT2D eigenvalue weighted by Gasteiger charge is 2.39. The molecule has 0 bridgehead atoms. The van der Waals surface area contributed by atoms with Crippen LogP contribution in [0.15, 0.2) is 6.20 Å². The van der Waals surface area contributed by atoms with Gasteiger partial charge in [-0.2, -0.15) is 5.10 Å². The number of hydrogen-bond acceptors (Lipinski definition) is 2. The topological polar surface area (TPSA) is 29.9 Å². The summed E-state index contributed by atoms with van der Waals surface area (Å²) in [6.07, 6.45) is 8.11. The van der Waals surface area contributed by atoms with Crippen LogP contribution in [0.5, 0.6) is 0 Å². The van der Waals surface area contributed by atoms with Gasteiger partial charge in [-0.3, -0.25) is 4.68 Å². The summed E-state index contributed by atoms with van der Waals surface area (Å²) in [6, 6.07) is 0.319. The van der Waals surface area contributed by atoms with Crippen LogP contribution in [-0.4, -0.2) is 16.3 Å². The van der Waals surface area contributed by atoms with Crippen LogP contribution in [0.4, 0.5) is 0 Å². The first-order chi connectivity index (χ1) is 8.58. The Labute approximate surface area is 115 Å². The molecule has 2 rings (SSSR count). The molecule has 3 nitrogen and oxygen atoms in total. The van der Waals surface area contributed by atoms with Crippen LogP contribution in [0.25, 0.3) is 0 Å². The van der Waals surface area contributed by atoms with Gasteiger partial charge in [0.05, 0.1) is 23.0 Å².